The zero-order chi connectivity index (χ0) is 12.5. The van der Waals surface area contributed by atoms with Crippen LogP contribution in [0, 0.1) is 11.3 Å². The average Bonchev–Trinajstić information content (AvgIpc) is 2.63. The molecule has 0 aromatic carbocycles. The van der Waals surface area contributed by atoms with E-state index in [-0.39, 0.29) is 6.04 Å². The van der Waals surface area contributed by atoms with E-state index in [2.05, 4.69) is 25.7 Å². The van der Waals surface area contributed by atoms with Crippen LogP contribution in [0.15, 0.2) is 0 Å². The first-order chi connectivity index (χ1) is 7.98. The summed E-state index contributed by atoms with van der Waals surface area (Å²) in [6, 6.07) is 0.254. The van der Waals surface area contributed by atoms with Crippen molar-refractivity contribution in [1.82, 2.24) is 4.90 Å². The second kappa shape index (κ2) is 5.09. The maximum atomic E-state index is 12.1. The fourth-order valence-electron chi connectivity index (χ4n) is 3.30. The van der Waals surface area contributed by atoms with Crippen LogP contribution in [-0.2, 0) is 4.79 Å². The lowest BCUT2D eigenvalue weighted by atomic mass is 9.80. The quantitative estimate of drug-likeness (QED) is 0.652. The minimum absolute atomic E-state index is 0.254. The number of nitrogens with zero attached hydrogens (tertiary/aromatic N) is 1. The number of likely N-dealkylation sites (tertiary alicyclic amines) is 1. The molecule has 2 atom stereocenters. The first-order valence-electron chi connectivity index (χ1n) is 7.25. The Morgan fingerprint density at radius 2 is 1.88 bits per heavy atom. The van der Waals surface area contributed by atoms with Crippen LogP contribution in [0.25, 0.3) is 0 Å². The zero-order valence-corrected chi connectivity index (χ0v) is 11.7. The van der Waals surface area contributed by atoms with Gasteiger partial charge in [0, 0.05) is 13.0 Å². The summed E-state index contributed by atoms with van der Waals surface area (Å²) < 4.78 is 0. The number of hydrogen-bond acceptors (Lipinski definition) is 2. The molecule has 2 aliphatic rings. The van der Waals surface area contributed by atoms with Gasteiger partial charge in [0.1, 0.15) is 5.78 Å². The van der Waals surface area contributed by atoms with E-state index in [0.29, 0.717) is 11.2 Å². The summed E-state index contributed by atoms with van der Waals surface area (Å²) in [5.74, 6) is 1.27. The van der Waals surface area contributed by atoms with Gasteiger partial charge >= 0.3 is 0 Å². The molecule has 0 amide bonds. The fraction of sp³-hybridized carbons (Fsp3) is 0.933. The van der Waals surface area contributed by atoms with E-state index in [1.54, 1.807) is 0 Å². The Morgan fingerprint density at radius 3 is 2.53 bits per heavy atom. The van der Waals surface area contributed by atoms with Crippen LogP contribution in [0.3, 0.4) is 0 Å². The average molecular weight is 237 g/mol. The lowest BCUT2D eigenvalue weighted by molar-refractivity contribution is -0.123. The zero-order valence-electron chi connectivity index (χ0n) is 11.7. The molecule has 1 aliphatic carbocycles. The highest BCUT2D eigenvalue weighted by Gasteiger charge is 2.36. The van der Waals surface area contributed by atoms with E-state index >= 15 is 0 Å². The third kappa shape index (κ3) is 3.09. The van der Waals surface area contributed by atoms with Crippen LogP contribution < -0.4 is 0 Å². The molecule has 1 saturated heterocycles. The molecule has 2 fully saturated rings. The van der Waals surface area contributed by atoms with Crippen molar-refractivity contribution < 1.29 is 4.79 Å². The van der Waals surface area contributed by atoms with Gasteiger partial charge in [0.15, 0.2) is 0 Å². The second-order valence-electron chi connectivity index (χ2n) is 6.93. The highest BCUT2D eigenvalue weighted by atomic mass is 16.1. The molecule has 98 valence electrons. The van der Waals surface area contributed by atoms with Crippen molar-refractivity contribution in [2.24, 2.45) is 11.3 Å². The van der Waals surface area contributed by atoms with Gasteiger partial charge in [-0.25, -0.2) is 0 Å². The Hall–Kier alpha value is -0.370. The second-order valence-corrected chi connectivity index (χ2v) is 6.93. The molecule has 0 aromatic rings. The Bertz CT molecular complexity index is 279. The molecule has 1 saturated carbocycles. The molecular formula is C15H27NO. The maximum Gasteiger partial charge on any atom is 0.149 e. The van der Waals surface area contributed by atoms with Crippen LogP contribution in [0.2, 0.25) is 0 Å². The van der Waals surface area contributed by atoms with E-state index in [9.17, 15) is 4.79 Å². The maximum absolute atomic E-state index is 12.1. The molecular weight excluding hydrogens is 210 g/mol. The van der Waals surface area contributed by atoms with Gasteiger partial charge in [0.2, 0.25) is 0 Å². The minimum atomic E-state index is 0.254. The van der Waals surface area contributed by atoms with Crippen molar-refractivity contribution in [3.8, 4) is 0 Å². The van der Waals surface area contributed by atoms with Crippen LogP contribution in [-0.4, -0.2) is 29.8 Å². The standard InChI is InChI=1S/C15H27NO/c1-15(2,3)12-9-10-16(11-12)13-7-5-4-6-8-14(13)17/h12-13H,4-11H2,1-3H3. The Kier molecular flexibility index (Phi) is 3.92. The Balaban J connectivity index is 1.97. The molecule has 2 rings (SSSR count). The van der Waals surface area contributed by atoms with Gasteiger partial charge in [-0.2, -0.15) is 0 Å². The van der Waals surface area contributed by atoms with Crippen molar-refractivity contribution in [1.29, 1.82) is 0 Å². The fourth-order valence-corrected chi connectivity index (χ4v) is 3.30. The summed E-state index contributed by atoms with van der Waals surface area (Å²) in [6.07, 6.45) is 6.81. The van der Waals surface area contributed by atoms with Gasteiger partial charge in [0.05, 0.1) is 6.04 Å². The molecule has 2 nitrogen and oxygen atoms in total. The first-order valence-corrected chi connectivity index (χ1v) is 7.25. The molecule has 2 unspecified atom stereocenters. The van der Waals surface area contributed by atoms with Crippen LogP contribution in [0.1, 0.15) is 59.3 Å². The topological polar surface area (TPSA) is 20.3 Å². The molecule has 0 bridgehead atoms. The number of carbonyl (C=O) groups is 1. The summed E-state index contributed by atoms with van der Waals surface area (Å²) >= 11 is 0. The lowest BCUT2D eigenvalue weighted by Crippen LogP contribution is -2.39. The number of ketones is 1. The van der Waals surface area contributed by atoms with Gasteiger partial charge in [-0.15, -0.1) is 0 Å². The monoisotopic (exact) mass is 237 g/mol. The van der Waals surface area contributed by atoms with Gasteiger partial charge in [-0.05, 0) is 37.1 Å². The molecule has 17 heavy (non-hydrogen) atoms. The van der Waals surface area contributed by atoms with E-state index in [0.717, 1.165) is 38.3 Å². The third-order valence-corrected chi connectivity index (χ3v) is 4.66. The number of hydrogen-bond donors (Lipinski definition) is 0. The predicted molar refractivity (Wildman–Crippen MR) is 71.0 cm³/mol. The highest BCUT2D eigenvalue weighted by Crippen LogP contribution is 2.35. The number of Topliss-reactive ketones (excluding diaryl/α,β-unsaturated/α-hetero) is 1. The van der Waals surface area contributed by atoms with Crippen molar-refractivity contribution >= 4 is 5.78 Å². The summed E-state index contributed by atoms with van der Waals surface area (Å²) in [4.78, 5) is 14.6. The van der Waals surface area contributed by atoms with Gasteiger partial charge in [-0.3, -0.25) is 9.69 Å². The summed E-state index contributed by atoms with van der Waals surface area (Å²) in [5.41, 5.74) is 0.391. The van der Waals surface area contributed by atoms with Gasteiger partial charge in [-0.1, -0.05) is 33.6 Å². The van der Waals surface area contributed by atoms with Gasteiger partial charge in [0.25, 0.3) is 0 Å². The molecule has 2 heteroatoms. The van der Waals surface area contributed by atoms with E-state index in [1.807, 2.05) is 0 Å². The minimum Gasteiger partial charge on any atom is -0.298 e. The molecule has 0 radical (unpaired) electrons. The number of carbonyl (C=O) groups excluding carboxylic acids is 1. The van der Waals surface area contributed by atoms with Crippen molar-refractivity contribution in [3.63, 3.8) is 0 Å². The smallest absolute Gasteiger partial charge is 0.149 e. The van der Waals surface area contributed by atoms with Crippen LogP contribution in [0.5, 0.6) is 0 Å². The molecule has 1 aliphatic heterocycles. The van der Waals surface area contributed by atoms with Crippen molar-refractivity contribution in [3.05, 3.63) is 0 Å². The highest BCUT2D eigenvalue weighted by molar-refractivity contribution is 5.84. The number of rotatable bonds is 1. The lowest BCUT2D eigenvalue weighted by Gasteiger charge is -2.29. The molecule has 1 heterocycles. The van der Waals surface area contributed by atoms with E-state index in [1.165, 1.54) is 19.3 Å². The van der Waals surface area contributed by atoms with Crippen molar-refractivity contribution in [2.45, 2.75) is 65.3 Å². The Morgan fingerprint density at radius 1 is 1.12 bits per heavy atom. The summed E-state index contributed by atoms with van der Waals surface area (Å²) in [7, 11) is 0. The molecule has 0 aromatic heterocycles. The normalized spacial score (nSPS) is 32.8. The Labute approximate surface area is 106 Å². The SMILES string of the molecule is CC(C)(C)C1CCN(C2CCCCCC2=O)C1. The van der Waals surface area contributed by atoms with Crippen LogP contribution >= 0.6 is 0 Å². The summed E-state index contributed by atoms with van der Waals surface area (Å²) in [5, 5.41) is 0. The predicted octanol–water partition coefficient (Wildman–Crippen LogP) is 3.26. The largest absolute Gasteiger partial charge is 0.298 e. The van der Waals surface area contributed by atoms with Crippen LogP contribution in [0.4, 0.5) is 0 Å². The van der Waals surface area contributed by atoms with E-state index in [4.69, 9.17) is 0 Å². The third-order valence-electron chi connectivity index (χ3n) is 4.66. The molecule has 0 spiro atoms. The first kappa shape index (κ1) is 13.1. The van der Waals surface area contributed by atoms with Crippen molar-refractivity contribution in [2.75, 3.05) is 13.1 Å². The molecule has 0 N–H and O–H groups in total. The summed E-state index contributed by atoms with van der Waals surface area (Å²) in [6.45, 7) is 9.26. The van der Waals surface area contributed by atoms with E-state index < -0.39 is 0 Å². The van der Waals surface area contributed by atoms with Gasteiger partial charge < -0.3 is 0 Å².